The summed E-state index contributed by atoms with van der Waals surface area (Å²) in [6, 6.07) is 11.2. The molecule has 1 saturated heterocycles. The van der Waals surface area contributed by atoms with E-state index in [1.165, 1.54) is 35.6 Å². The molecular weight excluding hydrogens is 366 g/mol. The fraction of sp³-hybridized carbons (Fsp3) is 0.286. The van der Waals surface area contributed by atoms with Crippen LogP contribution in [0.4, 0.5) is 14.5 Å². The summed E-state index contributed by atoms with van der Waals surface area (Å²) in [6.45, 7) is 4.13. The minimum Gasteiger partial charge on any atom is -0.369 e. The minimum absolute atomic E-state index is 0.0628. The predicted octanol–water partition coefficient (Wildman–Crippen LogP) is 4.57. The number of hydrogen-bond donors (Lipinski definition) is 0. The van der Waals surface area contributed by atoms with Crippen molar-refractivity contribution in [3.05, 3.63) is 65.0 Å². The molecule has 2 aromatic carbocycles. The highest BCUT2D eigenvalue weighted by atomic mass is 32.1. The average Bonchev–Trinajstić information content (AvgIpc) is 3.10. The Morgan fingerprint density at radius 1 is 0.963 bits per heavy atom. The molecule has 1 fully saturated rings. The number of piperazine rings is 1. The molecule has 4 rings (SSSR count). The first-order chi connectivity index (χ1) is 13.1. The Labute approximate surface area is 160 Å². The number of hydrogen-bond acceptors (Lipinski definition) is 4. The van der Waals surface area contributed by atoms with Crippen molar-refractivity contribution in [3.8, 4) is 0 Å². The number of carbonyl (C=O) groups excluding carboxylic acids is 1. The highest BCUT2D eigenvalue weighted by Gasteiger charge is 2.19. The molecule has 1 aliphatic rings. The number of Topliss-reactive ketones (excluding diaryl/α,β-unsaturated/α-hetero) is 1. The quantitative estimate of drug-likeness (QED) is 0.600. The Morgan fingerprint density at radius 2 is 1.67 bits per heavy atom. The first-order valence-corrected chi connectivity index (χ1v) is 9.91. The first kappa shape index (κ1) is 18.1. The molecule has 140 valence electrons. The summed E-state index contributed by atoms with van der Waals surface area (Å²) < 4.78 is 27.5. The van der Waals surface area contributed by atoms with Gasteiger partial charge >= 0.3 is 0 Å². The fourth-order valence-corrected chi connectivity index (χ4v) is 4.44. The van der Waals surface area contributed by atoms with Gasteiger partial charge in [-0.15, -0.1) is 11.3 Å². The van der Waals surface area contributed by atoms with Gasteiger partial charge in [0.2, 0.25) is 0 Å². The second kappa shape index (κ2) is 7.74. The molecule has 0 unspecified atom stereocenters. The fourth-order valence-electron chi connectivity index (χ4n) is 3.49. The Kier molecular flexibility index (Phi) is 5.18. The summed E-state index contributed by atoms with van der Waals surface area (Å²) in [5.41, 5.74) is 1.65. The van der Waals surface area contributed by atoms with Crippen molar-refractivity contribution in [1.29, 1.82) is 0 Å². The van der Waals surface area contributed by atoms with Crippen LogP contribution >= 0.6 is 11.3 Å². The molecule has 3 nitrogen and oxygen atoms in total. The normalized spacial score (nSPS) is 15.4. The molecule has 3 aromatic rings. The number of ketones is 1. The number of fused-ring (bicyclic) bond motifs is 1. The van der Waals surface area contributed by atoms with Gasteiger partial charge in [0.25, 0.3) is 0 Å². The maximum absolute atomic E-state index is 13.5. The van der Waals surface area contributed by atoms with Crippen molar-refractivity contribution < 1.29 is 13.6 Å². The van der Waals surface area contributed by atoms with Crippen molar-refractivity contribution in [2.24, 2.45) is 0 Å². The molecule has 0 aliphatic carbocycles. The Bertz CT molecular complexity index is 946. The highest BCUT2D eigenvalue weighted by molar-refractivity contribution is 7.17. The van der Waals surface area contributed by atoms with Gasteiger partial charge in [0, 0.05) is 65.9 Å². The summed E-state index contributed by atoms with van der Waals surface area (Å²) >= 11 is 1.48. The van der Waals surface area contributed by atoms with Gasteiger partial charge in [-0.25, -0.2) is 8.78 Å². The van der Waals surface area contributed by atoms with Crippen molar-refractivity contribution in [1.82, 2.24) is 4.90 Å². The van der Waals surface area contributed by atoms with Crippen molar-refractivity contribution in [3.63, 3.8) is 0 Å². The van der Waals surface area contributed by atoms with Crippen LogP contribution < -0.4 is 4.90 Å². The van der Waals surface area contributed by atoms with Gasteiger partial charge in [0.15, 0.2) is 5.78 Å². The molecule has 2 heterocycles. The van der Waals surface area contributed by atoms with Crippen LogP contribution in [0.15, 0.2) is 47.8 Å². The lowest BCUT2D eigenvalue weighted by Gasteiger charge is -2.36. The van der Waals surface area contributed by atoms with E-state index < -0.39 is 0 Å². The van der Waals surface area contributed by atoms with Crippen LogP contribution in [0.3, 0.4) is 0 Å². The van der Waals surface area contributed by atoms with Crippen LogP contribution in [0.1, 0.15) is 16.8 Å². The molecule has 1 aliphatic heterocycles. The number of carbonyl (C=O) groups is 1. The van der Waals surface area contributed by atoms with Crippen molar-refractivity contribution >= 4 is 32.9 Å². The van der Waals surface area contributed by atoms with E-state index >= 15 is 0 Å². The first-order valence-electron chi connectivity index (χ1n) is 9.03. The third-order valence-corrected chi connectivity index (χ3v) is 6.02. The van der Waals surface area contributed by atoms with Gasteiger partial charge in [-0.1, -0.05) is 0 Å². The van der Waals surface area contributed by atoms with E-state index in [0.717, 1.165) is 36.6 Å². The molecule has 0 N–H and O–H groups in total. The zero-order valence-corrected chi connectivity index (χ0v) is 15.6. The van der Waals surface area contributed by atoms with E-state index in [1.54, 1.807) is 18.2 Å². The lowest BCUT2D eigenvalue weighted by molar-refractivity contribution is 0.0964. The summed E-state index contributed by atoms with van der Waals surface area (Å²) in [4.78, 5) is 17.1. The van der Waals surface area contributed by atoms with E-state index in [9.17, 15) is 13.6 Å². The SMILES string of the molecule is O=C(CCN1CCN(c2ccc(F)cc2)CC1)c1csc2ccc(F)cc12. The summed E-state index contributed by atoms with van der Waals surface area (Å²) in [5.74, 6) is -0.476. The van der Waals surface area contributed by atoms with Crippen LogP contribution in [0.25, 0.3) is 10.1 Å². The molecule has 27 heavy (non-hydrogen) atoms. The highest BCUT2D eigenvalue weighted by Crippen LogP contribution is 2.27. The van der Waals surface area contributed by atoms with E-state index in [4.69, 9.17) is 0 Å². The second-order valence-electron chi connectivity index (χ2n) is 6.77. The lowest BCUT2D eigenvalue weighted by atomic mass is 10.1. The number of anilines is 1. The molecule has 6 heteroatoms. The zero-order valence-electron chi connectivity index (χ0n) is 14.8. The largest absolute Gasteiger partial charge is 0.369 e. The topological polar surface area (TPSA) is 23.6 Å². The third kappa shape index (κ3) is 4.01. The molecule has 0 spiro atoms. The number of halogens is 2. The van der Waals surface area contributed by atoms with Gasteiger partial charge in [0.1, 0.15) is 11.6 Å². The number of thiophene rings is 1. The standard InChI is InChI=1S/C21H20F2N2OS/c22-15-1-4-17(5-2-15)25-11-9-24(10-12-25)8-7-20(26)19-14-27-21-6-3-16(23)13-18(19)21/h1-6,13-14H,7-12H2. The van der Waals surface area contributed by atoms with Crippen molar-refractivity contribution in [2.75, 3.05) is 37.6 Å². The predicted molar refractivity (Wildman–Crippen MR) is 106 cm³/mol. The molecular formula is C21H20F2N2OS. The lowest BCUT2D eigenvalue weighted by Crippen LogP contribution is -2.46. The maximum atomic E-state index is 13.5. The zero-order chi connectivity index (χ0) is 18.8. The smallest absolute Gasteiger partial charge is 0.165 e. The third-order valence-electron chi connectivity index (χ3n) is 5.06. The Hall–Kier alpha value is -2.31. The van der Waals surface area contributed by atoms with Gasteiger partial charge in [-0.2, -0.15) is 0 Å². The van der Waals surface area contributed by atoms with Crippen LogP contribution in [0, 0.1) is 11.6 Å². The van der Waals surface area contributed by atoms with Gasteiger partial charge in [-0.05, 0) is 42.5 Å². The monoisotopic (exact) mass is 386 g/mol. The number of benzene rings is 2. The van der Waals surface area contributed by atoms with Gasteiger partial charge < -0.3 is 4.90 Å². The number of nitrogens with zero attached hydrogens (tertiary/aromatic N) is 2. The van der Waals surface area contributed by atoms with Crippen molar-refractivity contribution in [2.45, 2.75) is 6.42 Å². The summed E-state index contributed by atoms with van der Waals surface area (Å²) in [6.07, 6.45) is 0.429. The summed E-state index contributed by atoms with van der Waals surface area (Å²) in [7, 11) is 0. The number of rotatable bonds is 5. The Balaban J connectivity index is 1.32. The maximum Gasteiger partial charge on any atom is 0.165 e. The Morgan fingerprint density at radius 3 is 2.41 bits per heavy atom. The van der Waals surface area contributed by atoms with Crippen LogP contribution in [-0.4, -0.2) is 43.4 Å². The minimum atomic E-state index is -0.313. The second-order valence-corrected chi connectivity index (χ2v) is 7.68. The van der Waals surface area contributed by atoms with Crippen LogP contribution in [-0.2, 0) is 0 Å². The van der Waals surface area contributed by atoms with E-state index in [0.29, 0.717) is 23.9 Å². The van der Waals surface area contributed by atoms with E-state index in [1.807, 2.05) is 5.38 Å². The molecule has 0 amide bonds. The summed E-state index contributed by atoms with van der Waals surface area (Å²) in [5, 5.41) is 2.55. The molecule has 0 saturated carbocycles. The molecule has 0 bridgehead atoms. The molecule has 0 atom stereocenters. The van der Waals surface area contributed by atoms with Crippen LogP contribution in [0.2, 0.25) is 0 Å². The van der Waals surface area contributed by atoms with E-state index in [-0.39, 0.29) is 17.4 Å². The van der Waals surface area contributed by atoms with Crippen LogP contribution in [0.5, 0.6) is 0 Å². The van der Waals surface area contributed by atoms with Gasteiger partial charge in [-0.3, -0.25) is 9.69 Å². The molecule has 1 aromatic heterocycles. The van der Waals surface area contributed by atoms with E-state index in [2.05, 4.69) is 9.80 Å². The molecule has 0 radical (unpaired) electrons. The average molecular weight is 386 g/mol. The van der Waals surface area contributed by atoms with Gasteiger partial charge in [0.05, 0.1) is 0 Å².